The number of rotatable bonds is 4. The van der Waals surface area contributed by atoms with Crippen LogP contribution in [0.1, 0.15) is 43.9 Å². The van der Waals surface area contributed by atoms with Crippen molar-refractivity contribution in [1.82, 2.24) is 14.7 Å². The first-order valence-electron chi connectivity index (χ1n) is 8.85. The monoisotopic (exact) mass is 322 g/mol. The molecule has 23 heavy (non-hydrogen) atoms. The Kier molecular flexibility index (Phi) is 5.24. The van der Waals surface area contributed by atoms with E-state index in [1.165, 1.54) is 17.1 Å². The van der Waals surface area contributed by atoms with Gasteiger partial charge in [0, 0.05) is 45.3 Å². The van der Waals surface area contributed by atoms with Crippen molar-refractivity contribution < 1.29 is 9.84 Å². The fourth-order valence-corrected chi connectivity index (χ4v) is 3.67. The number of nitrogens with zero attached hydrogens (tertiary/aromatic N) is 4. The number of aryl methyl sites for hydroxylation is 1. The first-order valence-corrected chi connectivity index (χ1v) is 8.85. The lowest BCUT2D eigenvalue weighted by Crippen LogP contribution is -2.39. The second-order valence-corrected chi connectivity index (χ2v) is 7.07. The number of anilines is 1. The Labute approximate surface area is 139 Å². The molecule has 0 bridgehead atoms. The Bertz CT molecular complexity index is 515. The van der Waals surface area contributed by atoms with E-state index in [1.807, 2.05) is 0 Å². The molecule has 0 atom stereocenters. The largest absolute Gasteiger partial charge is 0.393 e. The molecule has 0 amide bonds. The molecule has 0 radical (unpaired) electrons. The number of likely N-dealkylation sites (tertiary alicyclic amines) is 1. The van der Waals surface area contributed by atoms with Crippen LogP contribution >= 0.6 is 0 Å². The van der Waals surface area contributed by atoms with Crippen molar-refractivity contribution in [3.8, 4) is 0 Å². The average molecular weight is 322 g/mol. The Morgan fingerprint density at radius 3 is 2.43 bits per heavy atom. The number of aliphatic hydroxyl groups excluding tert-OH is 1. The molecule has 1 aromatic rings. The Morgan fingerprint density at radius 1 is 1.17 bits per heavy atom. The third-order valence-corrected chi connectivity index (χ3v) is 4.94. The minimum atomic E-state index is -0.122. The van der Waals surface area contributed by atoms with E-state index in [0.717, 1.165) is 58.8 Å². The van der Waals surface area contributed by atoms with Gasteiger partial charge in [0.1, 0.15) is 5.82 Å². The predicted octanol–water partition coefficient (Wildman–Crippen LogP) is 1.34. The van der Waals surface area contributed by atoms with Crippen molar-refractivity contribution in [3.63, 3.8) is 0 Å². The number of aliphatic hydroxyl groups is 1. The lowest BCUT2D eigenvalue weighted by molar-refractivity contribution is 0.0790. The molecule has 1 N–H and O–H groups in total. The fourth-order valence-electron chi connectivity index (χ4n) is 3.67. The molecule has 0 saturated carbocycles. The number of hydrogen-bond donors (Lipinski definition) is 1. The van der Waals surface area contributed by atoms with Crippen molar-refractivity contribution in [2.45, 2.75) is 45.3 Å². The van der Waals surface area contributed by atoms with Crippen LogP contribution in [0.2, 0.25) is 0 Å². The number of aromatic nitrogens is 2. The maximum absolute atomic E-state index is 9.73. The van der Waals surface area contributed by atoms with Gasteiger partial charge in [0.05, 0.1) is 25.0 Å². The SMILES string of the molecule is CC(C)c1nn(C)c(N2CCOCC2)c1CN1CCC(O)CC1. The lowest BCUT2D eigenvalue weighted by Gasteiger charge is -2.33. The summed E-state index contributed by atoms with van der Waals surface area (Å²) < 4.78 is 7.56. The molecule has 2 aliphatic rings. The number of hydrogen-bond acceptors (Lipinski definition) is 5. The van der Waals surface area contributed by atoms with Gasteiger partial charge in [0.15, 0.2) is 0 Å². The van der Waals surface area contributed by atoms with Gasteiger partial charge in [-0.25, -0.2) is 0 Å². The molecule has 0 unspecified atom stereocenters. The summed E-state index contributed by atoms with van der Waals surface area (Å²) in [5, 5.41) is 14.6. The maximum Gasteiger partial charge on any atom is 0.131 e. The van der Waals surface area contributed by atoms with E-state index in [9.17, 15) is 5.11 Å². The van der Waals surface area contributed by atoms with E-state index in [1.54, 1.807) is 0 Å². The van der Waals surface area contributed by atoms with E-state index < -0.39 is 0 Å². The first kappa shape index (κ1) is 16.7. The van der Waals surface area contributed by atoms with Gasteiger partial charge < -0.3 is 14.7 Å². The highest BCUT2D eigenvalue weighted by molar-refractivity contribution is 5.51. The van der Waals surface area contributed by atoms with Crippen LogP contribution in [-0.4, -0.2) is 65.3 Å². The summed E-state index contributed by atoms with van der Waals surface area (Å²) in [5.41, 5.74) is 2.57. The lowest BCUT2D eigenvalue weighted by atomic mass is 10.0. The van der Waals surface area contributed by atoms with E-state index in [2.05, 4.69) is 35.4 Å². The zero-order valence-electron chi connectivity index (χ0n) is 14.7. The molecule has 2 aliphatic heterocycles. The molecule has 0 spiro atoms. The van der Waals surface area contributed by atoms with Gasteiger partial charge in [-0.2, -0.15) is 5.10 Å². The third kappa shape index (κ3) is 3.70. The van der Waals surface area contributed by atoms with Crippen LogP contribution < -0.4 is 4.90 Å². The normalized spacial score (nSPS) is 21.3. The minimum absolute atomic E-state index is 0.122. The second kappa shape index (κ2) is 7.20. The highest BCUT2D eigenvalue weighted by atomic mass is 16.5. The van der Waals surface area contributed by atoms with E-state index >= 15 is 0 Å². The van der Waals surface area contributed by atoms with Crippen LogP contribution in [0.3, 0.4) is 0 Å². The Hall–Kier alpha value is -1.11. The Balaban J connectivity index is 1.85. The van der Waals surface area contributed by atoms with Crippen molar-refractivity contribution in [1.29, 1.82) is 0 Å². The molecular weight excluding hydrogens is 292 g/mol. The van der Waals surface area contributed by atoms with Gasteiger partial charge in [-0.1, -0.05) is 13.8 Å². The summed E-state index contributed by atoms with van der Waals surface area (Å²) in [7, 11) is 2.06. The van der Waals surface area contributed by atoms with E-state index in [-0.39, 0.29) is 6.10 Å². The highest BCUT2D eigenvalue weighted by Gasteiger charge is 2.27. The first-order chi connectivity index (χ1) is 11.1. The third-order valence-electron chi connectivity index (χ3n) is 4.94. The van der Waals surface area contributed by atoms with Crippen LogP contribution in [0, 0.1) is 0 Å². The molecule has 6 nitrogen and oxygen atoms in total. The molecule has 3 rings (SSSR count). The summed E-state index contributed by atoms with van der Waals surface area (Å²) in [5.74, 6) is 1.67. The fraction of sp³-hybridized carbons (Fsp3) is 0.824. The summed E-state index contributed by atoms with van der Waals surface area (Å²) in [6, 6.07) is 0. The van der Waals surface area contributed by atoms with E-state index in [4.69, 9.17) is 9.84 Å². The maximum atomic E-state index is 9.73. The van der Waals surface area contributed by atoms with Crippen LogP contribution in [0.5, 0.6) is 0 Å². The molecular formula is C17H30N4O2. The minimum Gasteiger partial charge on any atom is -0.393 e. The van der Waals surface area contributed by atoms with Gasteiger partial charge in [-0.05, 0) is 18.8 Å². The number of ether oxygens (including phenoxy) is 1. The predicted molar refractivity (Wildman–Crippen MR) is 90.8 cm³/mol. The van der Waals surface area contributed by atoms with Gasteiger partial charge in [-0.3, -0.25) is 9.58 Å². The van der Waals surface area contributed by atoms with E-state index in [0.29, 0.717) is 5.92 Å². The van der Waals surface area contributed by atoms with Crippen molar-refractivity contribution in [2.75, 3.05) is 44.3 Å². The van der Waals surface area contributed by atoms with Crippen LogP contribution in [0.15, 0.2) is 0 Å². The number of morpholine rings is 1. The zero-order chi connectivity index (χ0) is 16.4. The summed E-state index contributed by atoms with van der Waals surface area (Å²) in [6.45, 7) is 10.7. The molecule has 0 aliphatic carbocycles. The van der Waals surface area contributed by atoms with Crippen LogP contribution in [-0.2, 0) is 18.3 Å². The summed E-state index contributed by atoms with van der Waals surface area (Å²) in [4.78, 5) is 4.87. The molecule has 0 aromatic carbocycles. The van der Waals surface area contributed by atoms with Gasteiger partial charge in [0.25, 0.3) is 0 Å². The number of piperidine rings is 1. The quantitative estimate of drug-likeness (QED) is 0.906. The standard InChI is InChI=1S/C17H30N4O2/c1-13(2)16-15(12-20-6-4-14(22)5-7-20)17(19(3)18-16)21-8-10-23-11-9-21/h13-14,22H,4-12H2,1-3H3. The second-order valence-electron chi connectivity index (χ2n) is 7.07. The zero-order valence-corrected chi connectivity index (χ0v) is 14.7. The van der Waals surface area contributed by atoms with Crippen LogP contribution in [0.25, 0.3) is 0 Å². The molecule has 2 fully saturated rings. The topological polar surface area (TPSA) is 53.8 Å². The van der Waals surface area contributed by atoms with Crippen LogP contribution in [0.4, 0.5) is 5.82 Å². The molecule has 6 heteroatoms. The van der Waals surface area contributed by atoms with Gasteiger partial charge in [0.2, 0.25) is 0 Å². The Morgan fingerprint density at radius 2 is 1.83 bits per heavy atom. The smallest absolute Gasteiger partial charge is 0.131 e. The van der Waals surface area contributed by atoms with Crippen molar-refractivity contribution in [3.05, 3.63) is 11.3 Å². The summed E-state index contributed by atoms with van der Waals surface area (Å²) >= 11 is 0. The van der Waals surface area contributed by atoms with Gasteiger partial charge >= 0.3 is 0 Å². The van der Waals surface area contributed by atoms with Crippen molar-refractivity contribution >= 4 is 5.82 Å². The molecule has 3 heterocycles. The molecule has 2 saturated heterocycles. The molecule has 1 aromatic heterocycles. The highest BCUT2D eigenvalue weighted by Crippen LogP contribution is 2.31. The summed E-state index contributed by atoms with van der Waals surface area (Å²) in [6.07, 6.45) is 1.64. The molecule has 130 valence electrons. The van der Waals surface area contributed by atoms with Gasteiger partial charge in [-0.15, -0.1) is 0 Å². The van der Waals surface area contributed by atoms with Crippen molar-refractivity contribution in [2.24, 2.45) is 7.05 Å². The average Bonchev–Trinajstić information content (AvgIpc) is 2.87.